The lowest BCUT2D eigenvalue weighted by Crippen LogP contribution is -2.77. The zero-order valence-electron chi connectivity index (χ0n) is 19.7. The van der Waals surface area contributed by atoms with Gasteiger partial charge in [-0.05, 0) is 78.9 Å². The van der Waals surface area contributed by atoms with E-state index in [9.17, 15) is 0 Å². The lowest BCUT2D eigenvalue weighted by Gasteiger charge is -2.34. The number of hydrogen-bond donors (Lipinski definition) is 4. The van der Waals surface area contributed by atoms with E-state index in [1.165, 1.54) is 47.8 Å². The van der Waals surface area contributed by atoms with Crippen molar-refractivity contribution in [1.29, 1.82) is 0 Å². The van der Waals surface area contributed by atoms with Crippen LogP contribution in [0.25, 0.3) is 0 Å². The Labute approximate surface area is 203 Å². The van der Waals surface area contributed by atoms with E-state index in [0.29, 0.717) is 17.8 Å². The maximum absolute atomic E-state index is 5.86. The molecular weight excluding hydrogens is 437 g/mol. The van der Waals surface area contributed by atoms with Crippen molar-refractivity contribution in [3.8, 4) is 0 Å². The minimum atomic E-state index is -1.77. The molecule has 0 bridgehead atoms. The molecule has 0 aromatic heterocycles. The summed E-state index contributed by atoms with van der Waals surface area (Å²) in [6.07, 6.45) is 6.02. The van der Waals surface area contributed by atoms with Gasteiger partial charge in [0, 0.05) is 0 Å². The molecule has 1 saturated carbocycles. The van der Waals surface area contributed by atoms with Crippen molar-refractivity contribution in [2.24, 2.45) is 34.0 Å². The Morgan fingerprint density at radius 2 is 1.09 bits per heavy atom. The zero-order valence-corrected chi connectivity index (χ0v) is 20.6. The average molecular weight is 474 g/mol. The van der Waals surface area contributed by atoms with Crippen LogP contribution in [-0.4, -0.2) is 24.6 Å². The number of guanidine groups is 2. The van der Waals surface area contributed by atoms with Gasteiger partial charge in [0.25, 0.3) is 5.96 Å². The minimum absolute atomic E-state index is 0.0169. The van der Waals surface area contributed by atoms with Gasteiger partial charge in [-0.25, -0.2) is 0 Å². The van der Waals surface area contributed by atoms with Crippen LogP contribution in [0.3, 0.4) is 0 Å². The predicted octanol–water partition coefficient (Wildman–Crippen LogP) is 1.46. The molecule has 6 heteroatoms. The third-order valence-electron chi connectivity index (χ3n) is 6.91. The van der Waals surface area contributed by atoms with Gasteiger partial charge >= 0.3 is 5.96 Å². The van der Waals surface area contributed by atoms with E-state index in [1.807, 2.05) is 0 Å². The Hall–Kier alpha value is -3.17. The first-order chi connectivity index (χ1) is 16.6. The van der Waals surface area contributed by atoms with Crippen molar-refractivity contribution in [3.05, 3.63) is 91.0 Å². The van der Waals surface area contributed by atoms with Crippen LogP contribution in [-0.2, 0) is 0 Å². The lowest BCUT2D eigenvalue weighted by molar-refractivity contribution is -0.469. The lowest BCUT2D eigenvalue weighted by atomic mass is 9.83. The zero-order chi connectivity index (χ0) is 23.8. The van der Waals surface area contributed by atoms with E-state index in [4.69, 9.17) is 17.2 Å². The van der Waals surface area contributed by atoms with Gasteiger partial charge < -0.3 is 11.5 Å². The molecule has 1 aliphatic carbocycles. The van der Waals surface area contributed by atoms with Crippen LogP contribution in [0.2, 0.25) is 0 Å². The number of nitrogens with zero attached hydrogens (tertiary/aromatic N) is 1. The van der Waals surface area contributed by atoms with Gasteiger partial charge in [0.05, 0.1) is 12.7 Å². The molecular formula is C28H36N5P+2. The number of benzene rings is 3. The van der Waals surface area contributed by atoms with Crippen LogP contribution in [0, 0.1) is 11.8 Å². The smallest absolute Gasteiger partial charge is 0.356 e. The molecule has 5 nitrogen and oxygen atoms in total. The van der Waals surface area contributed by atoms with Crippen LogP contribution in [0.15, 0.2) is 96.0 Å². The Balaban J connectivity index is 1.60. The second-order valence-electron chi connectivity index (χ2n) is 9.19. The summed E-state index contributed by atoms with van der Waals surface area (Å²) in [6, 6.07) is 33.5. The maximum Gasteiger partial charge on any atom is 0.385 e. The molecule has 1 fully saturated rings. The van der Waals surface area contributed by atoms with Crippen molar-refractivity contribution in [2.75, 3.05) is 12.7 Å². The summed E-state index contributed by atoms with van der Waals surface area (Å²) in [4.78, 5) is 7.06. The van der Waals surface area contributed by atoms with E-state index in [-0.39, 0.29) is 5.96 Å². The number of rotatable bonds is 7. The summed E-state index contributed by atoms with van der Waals surface area (Å²) in [5.74, 6) is 1.55. The third-order valence-corrected chi connectivity index (χ3v) is 11.5. The van der Waals surface area contributed by atoms with E-state index < -0.39 is 7.26 Å². The highest BCUT2D eigenvalue weighted by Crippen LogP contribution is 2.58. The summed E-state index contributed by atoms with van der Waals surface area (Å²) in [5, 5.41) is 4.40. The molecule has 0 amide bonds. The molecule has 34 heavy (non-hydrogen) atoms. The van der Waals surface area contributed by atoms with Gasteiger partial charge in [-0.15, -0.1) is 0 Å². The SMILES string of the molecule is NC(N)=NC(N)=[NH+]CC1CCC(C[P+](c2ccccc2)(c2ccccc2)c2ccccc2)CC1. The van der Waals surface area contributed by atoms with E-state index >= 15 is 0 Å². The number of nitrogens with two attached hydrogens (primary N) is 3. The molecule has 3 aromatic rings. The van der Waals surface area contributed by atoms with E-state index in [1.54, 1.807) is 0 Å². The summed E-state index contributed by atoms with van der Waals surface area (Å²) < 4.78 is 0. The molecule has 4 rings (SSSR count). The van der Waals surface area contributed by atoms with Gasteiger partial charge in [0.1, 0.15) is 23.2 Å². The van der Waals surface area contributed by atoms with Crippen LogP contribution < -0.4 is 38.1 Å². The van der Waals surface area contributed by atoms with Gasteiger partial charge in [0.2, 0.25) is 0 Å². The van der Waals surface area contributed by atoms with Crippen molar-refractivity contribution >= 4 is 35.1 Å². The molecule has 1 aliphatic rings. The van der Waals surface area contributed by atoms with E-state index in [2.05, 4.69) is 101 Å². The molecule has 0 saturated heterocycles. The summed E-state index contributed by atoms with van der Waals surface area (Å²) >= 11 is 0. The molecule has 176 valence electrons. The number of aliphatic imine (C=N–C) groups is 1. The predicted molar refractivity (Wildman–Crippen MR) is 146 cm³/mol. The molecule has 7 N–H and O–H groups in total. The molecule has 3 aromatic carbocycles. The van der Waals surface area contributed by atoms with Crippen LogP contribution in [0.5, 0.6) is 0 Å². The monoisotopic (exact) mass is 473 g/mol. The van der Waals surface area contributed by atoms with Crippen molar-refractivity contribution in [2.45, 2.75) is 25.7 Å². The van der Waals surface area contributed by atoms with Gasteiger partial charge in [0.15, 0.2) is 0 Å². The van der Waals surface area contributed by atoms with E-state index in [0.717, 1.165) is 6.54 Å². The number of nitrogens with one attached hydrogen (secondary N) is 1. The fourth-order valence-corrected chi connectivity index (χ4v) is 9.95. The fourth-order valence-electron chi connectivity index (χ4n) is 5.24. The quantitative estimate of drug-likeness (QED) is 0.237. The second-order valence-corrected chi connectivity index (χ2v) is 12.7. The molecule has 0 spiro atoms. The van der Waals surface area contributed by atoms with Crippen molar-refractivity contribution in [1.82, 2.24) is 0 Å². The third kappa shape index (κ3) is 5.66. The minimum Gasteiger partial charge on any atom is -0.356 e. The molecule has 0 heterocycles. The van der Waals surface area contributed by atoms with Crippen LogP contribution >= 0.6 is 7.26 Å². The molecule has 0 atom stereocenters. The molecule has 0 unspecified atom stereocenters. The van der Waals surface area contributed by atoms with Crippen molar-refractivity contribution in [3.63, 3.8) is 0 Å². The van der Waals surface area contributed by atoms with Gasteiger partial charge in [-0.3, -0.25) is 10.7 Å². The molecule has 0 radical (unpaired) electrons. The Bertz CT molecular complexity index is 991. The van der Waals surface area contributed by atoms with Crippen molar-refractivity contribution < 1.29 is 4.99 Å². The highest BCUT2D eigenvalue weighted by atomic mass is 31.2. The average Bonchev–Trinajstić information content (AvgIpc) is 2.88. The first-order valence-corrected chi connectivity index (χ1v) is 14.1. The van der Waals surface area contributed by atoms with Gasteiger partial charge in [-0.1, -0.05) is 54.6 Å². The summed E-state index contributed by atoms with van der Waals surface area (Å²) in [6.45, 7) is 0.811. The Kier molecular flexibility index (Phi) is 7.97. The largest absolute Gasteiger partial charge is 0.385 e. The topological polar surface area (TPSA) is 104 Å². The Morgan fingerprint density at radius 1 is 0.676 bits per heavy atom. The van der Waals surface area contributed by atoms with Crippen LogP contribution in [0.1, 0.15) is 25.7 Å². The van der Waals surface area contributed by atoms with Gasteiger partial charge in [-0.2, -0.15) is 0 Å². The summed E-state index contributed by atoms with van der Waals surface area (Å²) in [7, 11) is -1.77. The molecule has 0 aliphatic heterocycles. The first-order valence-electron chi connectivity index (χ1n) is 12.1. The fraction of sp³-hybridized carbons (Fsp3) is 0.286. The Morgan fingerprint density at radius 3 is 1.50 bits per heavy atom. The maximum atomic E-state index is 5.86. The normalized spacial score (nSPS) is 18.9. The summed E-state index contributed by atoms with van der Waals surface area (Å²) in [5.41, 5.74) is 16.7. The first kappa shape index (κ1) is 24.0. The highest BCUT2D eigenvalue weighted by Gasteiger charge is 2.47. The number of hydrogen-bond acceptors (Lipinski definition) is 0. The van der Waals surface area contributed by atoms with Crippen LogP contribution in [0.4, 0.5) is 0 Å². The second kappa shape index (κ2) is 11.3. The standard InChI is InChI=1S/C28H35N5P/c29-27(30)33-28(31)32-20-22-16-18-23(19-17-22)21-34(24-10-4-1-5-11-24,25-12-6-2-7-13-25)26-14-8-3-9-15-26/h1-15,22-23H,16-21H2,(H6,29,30,31,32,33)/q+1/p+1. The highest BCUT2D eigenvalue weighted by molar-refractivity contribution is 7.95.